The van der Waals surface area contributed by atoms with E-state index in [-0.39, 0.29) is 35.2 Å². The smallest absolute Gasteiger partial charge is 0.310 e. The maximum Gasteiger partial charge on any atom is 0.310 e. The SMILES string of the molecule is CO[C@]1(C)CCC[C@]2(C)C[C@H]3OC(=O)[C@H](CN4CCN(C(=O)c5ccco5)CC4)[C@H]3C[C@]21O. The highest BCUT2D eigenvalue weighted by Gasteiger charge is 2.67. The van der Waals surface area contributed by atoms with Crippen LogP contribution in [0.2, 0.25) is 0 Å². The Hall–Kier alpha value is -1.90. The first-order valence-corrected chi connectivity index (χ1v) is 12.2. The van der Waals surface area contributed by atoms with E-state index >= 15 is 0 Å². The molecule has 0 aromatic carbocycles. The third kappa shape index (κ3) is 3.53. The Labute approximate surface area is 195 Å². The number of fused-ring (bicyclic) bond motifs is 2. The zero-order valence-corrected chi connectivity index (χ0v) is 19.9. The highest BCUT2D eigenvalue weighted by atomic mass is 16.6. The lowest BCUT2D eigenvalue weighted by atomic mass is 9.49. The number of rotatable bonds is 4. The predicted molar refractivity (Wildman–Crippen MR) is 119 cm³/mol. The van der Waals surface area contributed by atoms with Crippen LogP contribution in [0.15, 0.2) is 22.8 Å². The van der Waals surface area contributed by atoms with E-state index in [0.717, 1.165) is 19.3 Å². The lowest BCUT2D eigenvalue weighted by molar-refractivity contribution is -0.270. The van der Waals surface area contributed by atoms with Crippen LogP contribution in [-0.4, -0.2) is 83.9 Å². The zero-order valence-electron chi connectivity index (χ0n) is 19.9. The summed E-state index contributed by atoms with van der Waals surface area (Å²) in [5.74, 6) is -0.170. The van der Waals surface area contributed by atoms with Gasteiger partial charge in [-0.3, -0.25) is 14.5 Å². The summed E-state index contributed by atoms with van der Waals surface area (Å²) < 4.78 is 17.0. The van der Waals surface area contributed by atoms with E-state index in [1.807, 2.05) is 6.92 Å². The topological polar surface area (TPSA) is 92.5 Å². The van der Waals surface area contributed by atoms with Crippen LogP contribution in [0.25, 0.3) is 0 Å². The van der Waals surface area contributed by atoms with Crippen molar-refractivity contribution in [1.29, 1.82) is 0 Å². The summed E-state index contributed by atoms with van der Waals surface area (Å²) in [5, 5.41) is 12.1. The number of carbonyl (C=O) groups is 2. The predicted octanol–water partition coefficient (Wildman–Crippen LogP) is 2.32. The maximum atomic E-state index is 12.9. The van der Waals surface area contributed by atoms with E-state index in [1.165, 1.54) is 6.26 Å². The van der Waals surface area contributed by atoms with Gasteiger partial charge in [-0.15, -0.1) is 0 Å². The molecule has 1 aromatic rings. The second-order valence-corrected chi connectivity index (χ2v) is 10.9. The minimum Gasteiger partial charge on any atom is -0.462 e. The van der Waals surface area contributed by atoms with Gasteiger partial charge < -0.3 is 23.9 Å². The Morgan fingerprint density at radius 3 is 2.64 bits per heavy atom. The molecule has 0 unspecified atom stereocenters. The number of esters is 1. The van der Waals surface area contributed by atoms with Crippen molar-refractivity contribution in [3.63, 3.8) is 0 Å². The Morgan fingerprint density at radius 1 is 1.21 bits per heavy atom. The number of furan rings is 1. The molecule has 8 heteroatoms. The van der Waals surface area contributed by atoms with Crippen LogP contribution >= 0.6 is 0 Å². The monoisotopic (exact) mass is 460 g/mol. The van der Waals surface area contributed by atoms with Crippen molar-refractivity contribution in [3.05, 3.63) is 24.2 Å². The average Bonchev–Trinajstić information content (AvgIpc) is 3.42. The van der Waals surface area contributed by atoms with Crippen molar-refractivity contribution in [1.82, 2.24) is 9.80 Å². The van der Waals surface area contributed by atoms with Gasteiger partial charge in [-0.25, -0.2) is 0 Å². The summed E-state index contributed by atoms with van der Waals surface area (Å²) in [4.78, 5) is 29.5. The molecule has 2 aliphatic carbocycles. The Morgan fingerprint density at radius 2 is 1.97 bits per heavy atom. The number of piperazine rings is 1. The van der Waals surface area contributed by atoms with Crippen molar-refractivity contribution in [3.8, 4) is 0 Å². The zero-order chi connectivity index (χ0) is 23.4. The van der Waals surface area contributed by atoms with Gasteiger partial charge in [0.1, 0.15) is 6.10 Å². The van der Waals surface area contributed by atoms with Crippen molar-refractivity contribution in [2.75, 3.05) is 39.8 Å². The van der Waals surface area contributed by atoms with Crippen LogP contribution in [0.1, 0.15) is 56.5 Å². The minimum atomic E-state index is -0.992. The molecule has 0 bridgehead atoms. The van der Waals surface area contributed by atoms with Gasteiger partial charge in [0.15, 0.2) is 5.76 Å². The fourth-order valence-electron chi connectivity index (χ4n) is 7.06. The van der Waals surface area contributed by atoms with E-state index in [9.17, 15) is 14.7 Å². The fraction of sp³-hybridized carbons (Fsp3) is 0.760. The highest BCUT2D eigenvalue weighted by Crippen LogP contribution is 2.61. The number of hydrogen-bond acceptors (Lipinski definition) is 7. The number of methoxy groups -OCH3 is 1. The van der Waals surface area contributed by atoms with Gasteiger partial charge in [-0.05, 0) is 51.2 Å². The van der Waals surface area contributed by atoms with Crippen LogP contribution in [0.4, 0.5) is 0 Å². The number of ether oxygens (including phenoxy) is 2. The molecular formula is C25H36N2O6. The number of carbonyl (C=O) groups excluding carboxylic acids is 2. The van der Waals surface area contributed by atoms with Crippen LogP contribution in [0.3, 0.4) is 0 Å². The third-order valence-electron chi connectivity index (χ3n) is 9.30. The highest BCUT2D eigenvalue weighted by molar-refractivity contribution is 5.91. The number of aliphatic hydroxyl groups is 1. The number of amides is 1. The van der Waals surface area contributed by atoms with E-state index in [1.54, 1.807) is 24.1 Å². The molecule has 4 fully saturated rings. The molecule has 0 spiro atoms. The maximum absolute atomic E-state index is 12.9. The second kappa shape index (κ2) is 8.10. The largest absolute Gasteiger partial charge is 0.462 e. The summed E-state index contributed by atoms with van der Waals surface area (Å²) in [6.07, 6.45) is 5.30. The minimum absolute atomic E-state index is 0.0223. The van der Waals surface area contributed by atoms with Crippen LogP contribution < -0.4 is 0 Å². The number of hydrogen-bond donors (Lipinski definition) is 1. The molecule has 0 radical (unpaired) electrons. The molecule has 6 atom stereocenters. The molecule has 2 saturated carbocycles. The van der Waals surface area contributed by atoms with Crippen LogP contribution in [0.5, 0.6) is 0 Å². The molecule has 8 nitrogen and oxygen atoms in total. The molecule has 1 N–H and O–H groups in total. The molecule has 3 heterocycles. The normalized spacial score (nSPS) is 41.4. The van der Waals surface area contributed by atoms with E-state index in [0.29, 0.717) is 51.3 Å². The quantitative estimate of drug-likeness (QED) is 0.690. The average molecular weight is 461 g/mol. The summed E-state index contributed by atoms with van der Waals surface area (Å²) >= 11 is 0. The molecule has 33 heavy (non-hydrogen) atoms. The van der Waals surface area contributed by atoms with Gasteiger partial charge >= 0.3 is 5.97 Å². The molecule has 1 amide bonds. The Balaban J connectivity index is 1.27. The molecule has 1 aromatic heterocycles. The first kappa shape index (κ1) is 22.9. The standard InChI is InChI=1S/C25H36N2O6/c1-23-7-5-8-24(2,31-3)25(23,30)14-17-18(22(29)33-20(17)15-23)16-26-9-11-27(12-10-26)21(28)19-6-4-13-32-19/h4,6,13,17-18,20,30H,5,7-12,14-16H2,1-3H3/t17-,18-,20-,23-,24-,25+/m1/s1. The van der Waals surface area contributed by atoms with Gasteiger partial charge in [0.25, 0.3) is 5.91 Å². The Kier molecular flexibility index (Phi) is 5.61. The van der Waals surface area contributed by atoms with Gasteiger partial charge in [0.2, 0.25) is 0 Å². The van der Waals surface area contributed by atoms with Crippen molar-refractivity contribution >= 4 is 11.9 Å². The first-order chi connectivity index (χ1) is 15.7. The summed E-state index contributed by atoms with van der Waals surface area (Å²) in [7, 11) is 1.69. The van der Waals surface area contributed by atoms with Crippen LogP contribution in [-0.2, 0) is 14.3 Å². The van der Waals surface area contributed by atoms with Gasteiger partial charge in [-0.2, -0.15) is 0 Å². The van der Waals surface area contributed by atoms with Gasteiger partial charge in [-0.1, -0.05) is 6.92 Å². The van der Waals surface area contributed by atoms with Crippen molar-refractivity contribution < 1.29 is 28.6 Å². The van der Waals surface area contributed by atoms with Crippen molar-refractivity contribution in [2.45, 2.75) is 63.3 Å². The summed E-state index contributed by atoms with van der Waals surface area (Å²) in [6, 6.07) is 3.40. The fourth-order valence-corrected chi connectivity index (χ4v) is 7.06. The molecule has 2 aliphatic heterocycles. The molecule has 5 rings (SSSR count). The lowest BCUT2D eigenvalue weighted by Crippen LogP contribution is -2.69. The lowest BCUT2D eigenvalue weighted by Gasteiger charge is -2.62. The van der Waals surface area contributed by atoms with Gasteiger partial charge in [0, 0.05) is 51.2 Å². The molecule has 2 saturated heterocycles. The molecular weight excluding hydrogens is 424 g/mol. The van der Waals surface area contributed by atoms with E-state index in [2.05, 4.69) is 11.8 Å². The third-order valence-corrected chi connectivity index (χ3v) is 9.30. The van der Waals surface area contributed by atoms with Crippen LogP contribution in [0, 0.1) is 17.3 Å². The Bertz CT molecular complexity index is 897. The van der Waals surface area contributed by atoms with Gasteiger partial charge in [0.05, 0.1) is 23.4 Å². The summed E-state index contributed by atoms with van der Waals surface area (Å²) in [6.45, 7) is 7.34. The molecule has 4 aliphatic rings. The number of nitrogens with zero attached hydrogens (tertiary/aromatic N) is 2. The molecule has 182 valence electrons. The summed E-state index contributed by atoms with van der Waals surface area (Å²) in [5.41, 5.74) is -1.95. The first-order valence-electron chi connectivity index (χ1n) is 12.2. The second-order valence-electron chi connectivity index (χ2n) is 10.9. The van der Waals surface area contributed by atoms with E-state index < -0.39 is 11.2 Å². The van der Waals surface area contributed by atoms with Crippen molar-refractivity contribution in [2.24, 2.45) is 17.3 Å². The van der Waals surface area contributed by atoms with E-state index in [4.69, 9.17) is 13.9 Å².